The molecule has 0 amide bonds. The number of hydrogen-bond acceptors (Lipinski definition) is 2. The molecule has 4 aliphatic rings. The number of hydrogen-bond donors (Lipinski definition) is 0. The van der Waals surface area contributed by atoms with Gasteiger partial charge in [0.2, 0.25) is 0 Å². The third-order valence-electron chi connectivity index (χ3n) is 6.31. The molecule has 0 atom stereocenters. The Kier molecular flexibility index (Phi) is 4.36. The largest absolute Gasteiger partial charge is 0.462 e. The second kappa shape index (κ2) is 6.43. The van der Waals surface area contributed by atoms with Crippen LogP contribution in [0, 0.1) is 23.2 Å². The molecule has 1 aromatic rings. The lowest BCUT2D eigenvalue weighted by Gasteiger charge is -2.56. The van der Waals surface area contributed by atoms with E-state index in [0.717, 1.165) is 49.1 Å². The van der Waals surface area contributed by atoms with Gasteiger partial charge in [-0.3, -0.25) is 0 Å². The minimum Gasteiger partial charge on any atom is -0.462 e. The molecule has 0 aliphatic heterocycles. The standard InChI is InChI=1S/C21H23F3O2/c22-21(23,24)18-3-1-2-14(9-18)4-5-19(25)26-13-20-10-15-6-16(11-20)8-17(7-15)12-20/h1-5,9,15-17H,6-8,10-13H2/b5-4+. The molecule has 140 valence electrons. The van der Waals surface area contributed by atoms with Crippen LogP contribution in [0.2, 0.25) is 0 Å². The second-order valence-corrected chi connectivity index (χ2v) is 8.48. The Labute approximate surface area is 151 Å². The zero-order valence-corrected chi connectivity index (χ0v) is 14.6. The van der Waals surface area contributed by atoms with Gasteiger partial charge in [0.1, 0.15) is 0 Å². The first-order valence-corrected chi connectivity index (χ1v) is 9.33. The van der Waals surface area contributed by atoms with Crippen LogP contribution in [0.15, 0.2) is 30.3 Å². The third kappa shape index (κ3) is 3.67. The van der Waals surface area contributed by atoms with E-state index in [9.17, 15) is 18.0 Å². The zero-order chi connectivity index (χ0) is 18.4. The molecule has 0 unspecified atom stereocenters. The molecule has 4 fully saturated rings. The maximum absolute atomic E-state index is 12.7. The summed E-state index contributed by atoms with van der Waals surface area (Å²) in [4.78, 5) is 12.1. The quantitative estimate of drug-likeness (QED) is 0.522. The summed E-state index contributed by atoms with van der Waals surface area (Å²) in [5, 5.41) is 0. The monoisotopic (exact) mass is 364 g/mol. The van der Waals surface area contributed by atoms with Crippen molar-refractivity contribution >= 4 is 12.0 Å². The lowest BCUT2D eigenvalue weighted by molar-refractivity contribution is -0.149. The molecule has 0 N–H and O–H groups in total. The summed E-state index contributed by atoms with van der Waals surface area (Å²) in [6.07, 6.45) is 5.71. The van der Waals surface area contributed by atoms with Crippen molar-refractivity contribution in [3.8, 4) is 0 Å². The molecule has 4 aliphatic carbocycles. The smallest absolute Gasteiger partial charge is 0.416 e. The van der Waals surface area contributed by atoms with E-state index in [0.29, 0.717) is 12.2 Å². The number of carbonyl (C=O) groups is 1. The highest BCUT2D eigenvalue weighted by Crippen LogP contribution is 2.60. The molecule has 0 saturated heterocycles. The Hall–Kier alpha value is -1.78. The molecule has 2 nitrogen and oxygen atoms in total. The van der Waals surface area contributed by atoms with Crippen molar-refractivity contribution in [1.82, 2.24) is 0 Å². The highest BCUT2D eigenvalue weighted by molar-refractivity contribution is 5.87. The maximum atomic E-state index is 12.7. The molecule has 4 saturated carbocycles. The lowest BCUT2D eigenvalue weighted by atomic mass is 9.50. The first kappa shape index (κ1) is 17.6. The molecule has 0 spiro atoms. The minimum absolute atomic E-state index is 0.147. The van der Waals surface area contributed by atoms with E-state index in [2.05, 4.69) is 0 Å². The van der Waals surface area contributed by atoms with Crippen molar-refractivity contribution in [1.29, 1.82) is 0 Å². The average molecular weight is 364 g/mol. The van der Waals surface area contributed by atoms with E-state index >= 15 is 0 Å². The van der Waals surface area contributed by atoms with Crippen molar-refractivity contribution in [2.45, 2.75) is 44.7 Å². The molecular formula is C21H23F3O2. The van der Waals surface area contributed by atoms with E-state index in [4.69, 9.17) is 4.74 Å². The van der Waals surface area contributed by atoms with Crippen LogP contribution in [0.1, 0.15) is 49.7 Å². The van der Waals surface area contributed by atoms with Crippen molar-refractivity contribution in [2.75, 3.05) is 6.61 Å². The summed E-state index contributed by atoms with van der Waals surface area (Å²) in [5.41, 5.74) is -0.234. The van der Waals surface area contributed by atoms with E-state index in [1.807, 2.05) is 0 Å². The Morgan fingerprint density at radius 3 is 2.31 bits per heavy atom. The van der Waals surface area contributed by atoms with E-state index in [1.54, 1.807) is 0 Å². The normalized spacial score (nSPS) is 33.0. The van der Waals surface area contributed by atoms with Gasteiger partial charge in [-0.05, 0) is 80.1 Å². The first-order valence-electron chi connectivity index (χ1n) is 9.33. The summed E-state index contributed by atoms with van der Waals surface area (Å²) >= 11 is 0. The van der Waals surface area contributed by atoms with Gasteiger partial charge in [0, 0.05) is 11.5 Å². The van der Waals surface area contributed by atoms with Gasteiger partial charge < -0.3 is 4.74 Å². The van der Waals surface area contributed by atoms with Gasteiger partial charge in [0.25, 0.3) is 0 Å². The molecule has 0 aromatic heterocycles. The fourth-order valence-corrected chi connectivity index (χ4v) is 5.72. The van der Waals surface area contributed by atoms with Crippen molar-refractivity contribution in [2.24, 2.45) is 23.2 Å². The Morgan fingerprint density at radius 1 is 1.12 bits per heavy atom. The molecule has 4 bridgehead atoms. The van der Waals surface area contributed by atoms with E-state index in [-0.39, 0.29) is 5.41 Å². The Morgan fingerprint density at radius 2 is 1.73 bits per heavy atom. The molecule has 5 heteroatoms. The van der Waals surface area contributed by atoms with Crippen molar-refractivity contribution in [3.05, 3.63) is 41.5 Å². The maximum Gasteiger partial charge on any atom is 0.416 e. The predicted molar refractivity (Wildman–Crippen MR) is 92.0 cm³/mol. The molecule has 1 aromatic carbocycles. The summed E-state index contributed by atoms with van der Waals surface area (Å²) in [6, 6.07) is 4.92. The topological polar surface area (TPSA) is 26.3 Å². The van der Waals surface area contributed by atoms with Crippen LogP contribution in [-0.2, 0) is 15.7 Å². The van der Waals surface area contributed by atoms with Crippen LogP contribution in [0.3, 0.4) is 0 Å². The van der Waals surface area contributed by atoms with Crippen molar-refractivity contribution in [3.63, 3.8) is 0 Å². The van der Waals surface area contributed by atoms with Crippen LogP contribution in [0.25, 0.3) is 6.08 Å². The Balaban J connectivity index is 1.35. The SMILES string of the molecule is O=C(/C=C/c1cccc(C(F)(F)F)c1)OCC12CC3CC(CC(C3)C1)C2. The number of benzene rings is 1. The highest BCUT2D eigenvalue weighted by Gasteiger charge is 2.51. The molecular weight excluding hydrogens is 341 g/mol. The number of carbonyl (C=O) groups excluding carboxylic acids is 1. The fraction of sp³-hybridized carbons (Fsp3) is 0.571. The predicted octanol–water partition coefficient (Wildman–Crippen LogP) is 5.48. The van der Waals surface area contributed by atoms with Gasteiger partial charge in [-0.25, -0.2) is 4.79 Å². The fourth-order valence-electron chi connectivity index (χ4n) is 5.72. The number of rotatable bonds is 4. The number of esters is 1. The van der Waals surface area contributed by atoms with Crippen LogP contribution in [0.4, 0.5) is 13.2 Å². The van der Waals surface area contributed by atoms with Crippen LogP contribution >= 0.6 is 0 Å². The van der Waals surface area contributed by atoms with Gasteiger partial charge >= 0.3 is 12.1 Å². The van der Waals surface area contributed by atoms with Crippen LogP contribution in [0.5, 0.6) is 0 Å². The molecule has 0 heterocycles. The minimum atomic E-state index is -4.39. The molecule has 26 heavy (non-hydrogen) atoms. The van der Waals surface area contributed by atoms with Gasteiger partial charge in [0.15, 0.2) is 0 Å². The number of ether oxygens (including phenoxy) is 1. The third-order valence-corrected chi connectivity index (χ3v) is 6.31. The van der Waals surface area contributed by atoms with Crippen LogP contribution in [-0.4, -0.2) is 12.6 Å². The summed E-state index contributed by atoms with van der Waals surface area (Å²) in [6.45, 7) is 0.447. The first-order chi connectivity index (χ1) is 12.3. The molecule has 0 radical (unpaired) electrons. The van der Waals surface area contributed by atoms with E-state index in [1.165, 1.54) is 43.5 Å². The van der Waals surface area contributed by atoms with Gasteiger partial charge in [-0.2, -0.15) is 13.2 Å². The number of halogens is 3. The van der Waals surface area contributed by atoms with Gasteiger partial charge in [0.05, 0.1) is 12.2 Å². The summed E-state index contributed by atoms with van der Waals surface area (Å²) < 4.78 is 43.7. The Bertz CT molecular complexity index is 685. The summed E-state index contributed by atoms with van der Waals surface area (Å²) in [5.74, 6) is 1.90. The van der Waals surface area contributed by atoms with Crippen LogP contribution < -0.4 is 0 Å². The zero-order valence-electron chi connectivity index (χ0n) is 14.6. The second-order valence-electron chi connectivity index (χ2n) is 8.48. The highest BCUT2D eigenvalue weighted by atomic mass is 19.4. The van der Waals surface area contributed by atoms with E-state index < -0.39 is 17.7 Å². The van der Waals surface area contributed by atoms with Gasteiger partial charge in [-0.15, -0.1) is 0 Å². The lowest BCUT2D eigenvalue weighted by Crippen LogP contribution is -2.48. The molecule has 5 rings (SSSR count). The summed E-state index contributed by atoms with van der Waals surface area (Å²) in [7, 11) is 0. The number of alkyl halides is 3. The van der Waals surface area contributed by atoms with Gasteiger partial charge in [-0.1, -0.05) is 12.1 Å². The van der Waals surface area contributed by atoms with Crippen molar-refractivity contribution < 1.29 is 22.7 Å². The average Bonchev–Trinajstić information content (AvgIpc) is 2.57.